The van der Waals surface area contributed by atoms with Crippen molar-refractivity contribution in [1.29, 1.82) is 5.26 Å². The van der Waals surface area contributed by atoms with Crippen LogP contribution in [0.1, 0.15) is 44.4 Å². The number of para-hydroxylation sites is 1. The van der Waals surface area contributed by atoms with Gasteiger partial charge in [0.05, 0.1) is 25.1 Å². The average molecular weight is 421 g/mol. The first-order valence-electron chi connectivity index (χ1n) is 10.7. The molecule has 1 N–H and O–H groups in total. The number of pyridine rings is 1. The minimum atomic E-state index is -0.504. The fourth-order valence-corrected chi connectivity index (χ4v) is 3.87. The molecule has 1 aromatic carbocycles. The molecular weight excluding hydrogens is 392 g/mol. The molecule has 0 radical (unpaired) electrons. The van der Waals surface area contributed by atoms with Gasteiger partial charge in [0.2, 0.25) is 0 Å². The summed E-state index contributed by atoms with van der Waals surface area (Å²) < 4.78 is 18.2. The summed E-state index contributed by atoms with van der Waals surface area (Å²) in [5.41, 5.74) is 2.91. The predicted molar refractivity (Wildman–Crippen MR) is 117 cm³/mol. The molecule has 1 saturated heterocycles. The Kier molecular flexibility index (Phi) is 6.21. The second-order valence-corrected chi connectivity index (χ2v) is 8.87. The third-order valence-corrected chi connectivity index (χ3v) is 5.60. The Bertz CT molecular complexity index is 972. The highest BCUT2D eigenvalue weighted by atomic mass is 16.7. The molecule has 0 unspecified atom stereocenters. The summed E-state index contributed by atoms with van der Waals surface area (Å²) in [6, 6.07) is 11.3. The number of aromatic nitrogens is 1. The summed E-state index contributed by atoms with van der Waals surface area (Å²) in [6.07, 6.45) is 7.90. The van der Waals surface area contributed by atoms with E-state index in [0.29, 0.717) is 24.7 Å². The van der Waals surface area contributed by atoms with Gasteiger partial charge in [-0.25, -0.2) is 5.32 Å². The van der Waals surface area contributed by atoms with Crippen LogP contribution in [0.15, 0.2) is 47.6 Å². The van der Waals surface area contributed by atoms with E-state index < -0.39 is 5.79 Å². The normalized spacial score (nSPS) is 20.1. The van der Waals surface area contributed by atoms with Crippen LogP contribution in [-0.2, 0) is 22.3 Å². The fraction of sp³-hybridized carbons (Fsp3) is 0.458. The van der Waals surface area contributed by atoms with Crippen LogP contribution in [0.25, 0.3) is 0 Å². The molecule has 1 spiro atoms. The van der Waals surface area contributed by atoms with Crippen molar-refractivity contribution < 1.29 is 14.2 Å². The molecule has 7 heteroatoms. The van der Waals surface area contributed by atoms with Crippen molar-refractivity contribution in [2.75, 3.05) is 13.2 Å². The summed E-state index contributed by atoms with van der Waals surface area (Å²) in [5.74, 6) is 0.0934. The van der Waals surface area contributed by atoms with E-state index in [0.717, 1.165) is 43.4 Å². The van der Waals surface area contributed by atoms with Crippen LogP contribution in [-0.4, -0.2) is 30.0 Å². The van der Waals surface area contributed by atoms with E-state index in [-0.39, 0.29) is 11.4 Å². The Labute approximate surface area is 183 Å². The SMILES string of the molecule is CC1(C)COC2(CCCc3ncc(N=C(NC#N)Oc4ccccc4)cc3CC2)OC1. The van der Waals surface area contributed by atoms with Gasteiger partial charge in [0.25, 0.3) is 0 Å². The first-order chi connectivity index (χ1) is 15.0. The van der Waals surface area contributed by atoms with Gasteiger partial charge in [0, 0.05) is 24.0 Å². The van der Waals surface area contributed by atoms with E-state index in [2.05, 4.69) is 29.1 Å². The Balaban J connectivity index is 1.52. The lowest BCUT2D eigenvalue weighted by atomic mass is 9.89. The Hall–Kier alpha value is -2.95. The molecule has 0 atom stereocenters. The Morgan fingerprint density at radius 3 is 2.68 bits per heavy atom. The molecular formula is C24H28N4O3. The molecule has 31 heavy (non-hydrogen) atoms. The van der Waals surface area contributed by atoms with Crippen LogP contribution >= 0.6 is 0 Å². The minimum Gasteiger partial charge on any atom is -0.425 e. The fourth-order valence-electron chi connectivity index (χ4n) is 3.87. The van der Waals surface area contributed by atoms with Crippen LogP contribution < -0.4 is 10.1 Å². The molecule has 0 amide bonds. The maximum absolute atomic E-state index is 9.07. The lowest BCUT2D eigenvalue weighted by molar-refractivity contribution is -0.304. The summed E-state index contributed by atoms with van der Waals surface area (Å²) >= 11 is 0. The number of fused-ring (bicyclic) bond motifs is 1. The molecule has 0 saturated carbocycles. The zero-order valence-corrected chi connectivity index (χ0v) is 18.1. The zero-order chi connectivity index (χ0) is 21.7. The van der Waals surface area contributed by atoms with E-state index in [9.17, 15) is 0 Å². The zero-order valence-electron chi connectivity index (χ0n) is 18.1. The van der Waals surface area contributed by atoms with Gasteiger partial charge in [-0.2, -0.15) is 10.3 Å². The molecule has 4 rings (SSSR count). The standard InChI is InChI=1S/C24H28N4O3/c1-23(2)15-29-24(30-16-23)11-6-9-21-18(10-12-24)13-19(14-26-21)28-22(27-17-25)31-20-7-4-3-5-8-20/h3-5,7-8,13-14H,6,9-12,15-16H2,1-2H3,(H,27,28). The van der Waals surface area contributed by atoms with Crippen LogP contribution in [0.5, 0.6) is 5.75 Å². The van der Waals surface area contributed by atoms with Crippen LogP contribution in [0.4, 0.5) is 5.69 Å². The smallest absolute Gasteiger partial charge is 0.309 e. The van der Waals surface area contributed by atoms with Crippen molar-refractivity contribution in [2.24, 2.45) is 10.4 Å². The highest BCUT2D eigenvalue weighted by molar-refractivity contribution is 5.80. The summed E-state index contributed by atoms with van der Waals surface area (Å²) in [6.45, 7) is 5.75. The highest BCUT2D eigenvalue weighted by Gasteiger charge is 2.40. The van der Waals surface area contributed by atoms with Gasteiger partial charge in [-0.1, -0.05) is 32.0 Å². The molecule has 1 aliphatic carbocycles. The van der Waals surface area contributed by atoms with E-state index in [1.54, 1.807) is 18.3 Å². The Morgan fingerprint density at radius 1 is 1.16 bits per heavy atom. The van der Waals surface area contributed by atoms with E-state index in [1.165, 1.54) is 0 Å². The summed E-state index contributed by atoms with van der Waals surface area (Å²) in [7, 11) is 0. The molecule has 1 fully saturated rings. The van der Waals surface area contributed by atoms with Crippen LogP contribution in [0, 0.1) is 16.9 Å². The predicted octanol–water partition coefficient (Wildman–Crippen LogP) is 4.26. The Morgan fingerprint density at radius 2 is 1.94 bits per heavy atom. The second kappa shape index (κ2) is 9.04. The molecule has 1 aliphatic heterocycles. The van der Waals surface area contributed by atoms with Crippen molar-refractivity contribution >= 4 is 11.7 Å². The molecule has 2 aromatic rings. The number of amidine groups is 1. The van der Waals surface area contributed by atoms with Gasteiger partial charge >= 0.3 is 6.02 Å². The number of rotatable bonds is 2. The molecule has 0 bridgehead atoms. The summed E-state index contributed by atoms with van der Waals surface area (Å²) in [4.78, 5) is 9.11. The molecule has 162 valence electrons. The van der Waals surface area contributed by atoms with Crippen molar-refractivity contribution in [2.45, 2.75) is 51.7 Å². The van der Waals surface area contributed by atoms with Gasteiger partial charge in [-0.15, -0.1) is 0 Å². The van der Waals surface area contributed by atoms with Crippen molar-refractivity contribution in [3.8, 4) is 11.9 Å². The van der Waals surface area contributed by atoms with Crippen molar-refractivity contribution in [3.05, 3.63) is 53.9 Å². The number of nitrogens with one attached hydrogen (secondary N) is 1. The third kappa shape index (κ3) is 5.40. The van der Waals surface area contributed by atoms with Crippen molar-refractivity contribution in [3.63, 3.8) is 0 Å². The number of aryl methyl sites for hydroxylation is 2. The maximum Gasteiger partial charge on any atom is 0.309 e. The van der Waals surface area contributed by atoms with Gasteiger partial charge in [-0.05, 0) is 43.0 Å². The lowest BCUT2D eigenvalue weighted by Crippen LogP contribution is -2.48. The second-order valence-electron chi connectivity index (χ2n) is 8.87. The third-order valence-electron chi connectivity index (χ3n) is 5.60. The van der Waals surface area contributed by atoms with Gasteiger partial charge in [0.15, 0.2) is 12.0 Å². The van der Waals surface area contributed by atoms with E-state index in [4.69, 9.17) is 19.5 Å². The number of hydrogen-bond donors (Lipinski definition) is 1. The van der Waals surface area contributed by atoms with Gasteiger partial charge < -0.3 is 14.2 Å². The van der Waals surface area contributed by atoms with Crippen LogP contribution in [0.3, 0.4) is 0 Å². The largest absolute Gasteiger partial charge is 0.425 e. The highest BCUT2D eigenvalue weighted by Crippen LogP contribution is 2.37. The molecule has 7 nitrogen and oxygen atoms in total. The van der Waals surface area contributed by atoms with Crippen LogP contribution in [0.2, 0.25) is 0 Å². The number of benzene rings is 1. The molecule has 2 heterocycles. The number of aliphatic imine (C=N–C) groups is 1. The van der Waals surface area contributed by atoms with Crippen molar-refractivity contribution in [1.82, 2.24) is 10.3 Å². The van der Waals surface area contributed by atoms with Gasteiger partial charge in [-0.3, -0.25) is 4.98 Å². The first-order valence-corrected chi connectivity index (χ1v) is 10.7. The number of nitriles is 1. The molecule has 2 aliphatic rings. The number of ether oxygens (including phenoxy) is 3. The van der Waals surface area contributed by atoms with E-state index >= 15 is 0 Å². The number of hydrogen-bond acceptors (Lipinski definition) is 6. The average Bonchev–Trinajstić information content (AvgIpc) is 2.75. The summed E-state index contributed by atoms with van der Waals surface area (Å²) in [5, 5.41) is 11.6. The first kappa shape index (κ1) is 21.3. The minimum absolute atomic E-state index is 0.0534. The lowest BCUT2D eigenvalue weighted by Gasteiger charge is -2.44. The van der Waals surface area contributed by atoms with Gasteiger partial charge in [0.1, 0.15) is 5.75 Å². The monoisotopic (exact) mass is 420 g/mol. The van der Waals surface area contributed by atoms with E-state index in [1.807, 2.05) is 30.5 Å². The quantitative estimate of drug-likeness (QED) is 0.338. The topological polar surface area (TPSA) is 88.8 Å². The molecule has 1 aromatic heterocycles. The maximum atomic E-state index is 9.07. The number of nitrogens with zero attached hydrogens (tertiary/aromatic N) is 3.